The average Bonchev–Trinajstić information content (AvgIpc) is 3.14. The van der Waals surface area contributed by atoms with Gasteiger partial charge in [-0.3, -0.25) is 9.59 Å². The van der Waals surface area contributed by atoms with E-state index in [1.54, 1.807) is 7.11 Å². The SMILES string of the molecule is CCc1cccc(CC)c1N1CC(C(=O)NCCc2ccc(OC)cc2)CC1=O. The standard InChI is InChI=1S/C24H30N2O3/c1-4-18-7-6-8-19(5-2)23(18)26-16-20(15-22(26)27)24(28)25-14-13-17-9-11-21(29-3)12-10-17/h6-12,20H,4-5,13-16H2,1-3H3,(H,25,28). The van der Waals surface area contributed by atoms with Gasteiger partial charge in [-0.2, -0.15) is 0 Å². The molecule has 1 saturated heterocycles. The smallest absolute Gasteiger partial charge is 0.227 e. The highest BCUT2D eigenvalue weighted by atomic mass is 16.5. The first kappa shape index (κ1) is 20.9. The minimum atomic E-state index is -0.298. The summed E-state index contributed by atoms with van der Waals surface area (Å²) in [6.07, 6.45) is 2.76. The number of anilines is 1. The molecule has 1 aliphatic rings. The Morgan fingerprint density at radius 2 is 1.76 bits per heavy atom. The molecule has 0 aromatic heterocycles. The van der Waals surface area contributed by atoms with Crippen molar-refractivity contribution in [3.8, 4) is 5.75 Å². The van der Waals surface area contributed by atoms with Crippen molar-refractivity contribution in [3.05, 3.63) is 59.2 Å². The first-order valence-corrected chi connectivity index (χ1v) is 10.4. The van der Waals surface area contributed by atoms with Crippen LogP contribution in [0.25, 0.3) is 0 Å². The number of rotatable bonds is 8. The van der Waals surface area contributed by atoms with Crippen LogP contribution in [0.3, 0.4) is 0 Å². The summed E-state index contributed by atoms with van der Waals surface area (Å²) < 4.78 is 5.16. The van der Waals surface area contributed by atoms with Gasteiger partial charge in [0.05, 0.1) is 13.0 Å². The molecule has 29 heavy (non-hydrogen) atoms. The van der Waals surface area contributed by atoms with E-state index in [0.717, 1.165) is 36.3 Å². The molecular weight excluding hydrogens is 364 g/mol. The Labute approximate surface area is 173 Å². The fourth-order valence-electron chi connectivity index (χ4n) is 3.93. The summed E-state index contributed by atoms with van der Waals surface area (Å²) in [6.45, 7) is 5.21. The van der Waals surface area contributed by atoms with Crippen molar-refractivity contribution in [1.29, 1.82) is 0 Å². The molecule has 5 nitrogen and oxygen atoms in total. The summed E-state index contributed by atoms with van der Waals surface area (Å²) >= 11 is 0. The Morgan fingerprint density at radius 3 is 2.34 bits per heavy atom. The van der Waals surface area contributed by atoms with Crippen LogP contribution >= 0.6 is 0 Å². The zero-order valence-corrected chi connectivity index (χ0v) is 17.5. The monoisotopic (exact) mass is 394 g/mol. The number of nitrogens with zero attached hydrogens (tertiary/aromatic N) is 1. The van der Waals surface area contributed by atoms with Crippen molar-refractivity contribution in [2.24, 2.45) is 5.92 Å². The highest BCUT2D eigenvalue weighted by molar-refractivity contribution is 6.01. The molecule has 2 amide bonds. The van der Waals surface area contributed by atoms with Gasteiger partial charge in [-0.05, 0) is 48.1 Å². The molecule has 1 unspecified atom stereocenters. The summed E-state index contributed by atoms with van der Waals surface area (Å²) in [7, 11) is 1.64. The summed E-state index contributed by atoms with van der Waals surface area (Å²) in [6, 6.07) is 14.0. The average molecular weight is 395 g/mol. The lowest BCUT2D eigenvalue weighted by Gasteiger charge is -2.23. The fourth-order valence-corrected chi connectivity index (χ4v) is 3.93. The molecule has 1 N–H and O–H groups in total. The van der Waals surface area contributed by atoms with Crippen molar-refractivity contribution in [1.82, 2.24) is 5.32 Å². The summed E-state index contributed by atoms with van der Waals surface area (Å²) in [4.78, 5) is 27.2. The van der Waals surface area contributed by atoms with Crippen LogP contribution in [-0.4, -0.2) is 32.0 Å². The second-order valence-corrected chi connectivity index (χ2v) is 7.43. The van der Waals surface area contributed by atoms with Gasteiger partial charge < -0.3 is 15.0 Å². The van der Waals surface area contributed by atoms with Crippen LogP contribution in [0.1, 0.15) is 37.0 Å². The molecule has 2 aromatic rings. The van der Waals surface area contributed by atoms with E-state index in [1.807, 2.05) is 35.2 Å². The van der Waals surface area contributed by atoms with E-state index >= 15 is 0 Å². The van der Waals surface area contributed by atoms with Gasteiger partial charge in [0.2, 0.25) is 11.8 Å². The van der Waals surface area contributed by atoms with E-state index in [4.69, 9.17) is 4.74 Å². The molecule has 1 atom stereocenters. The molecule has 2 aromatic carbocycles. The van der Waals surface area contributed by atoms with Crippen LogP contribution in [-0.2, 0) is 28.9 Å². The van der Waals surface area contributed by atoms with Gasteiger partial charge in [-0.25, -0.2) is 0 Å². The van der Waals surface area contributed by atoms with Crippen LogP contribution in [0.4, 0.5) is 5.69 Å². The highest BCUT2D eigenvalue weighted by Gasteiger charge is 2.36. The van der Waals surface area contributed by atoms with E-state index < -0.39 is 0 Å². The Morgan fingerprint density at radius 1 is 1.10 bits per heavy atom. The maximum atomic E-state index is 12.7. The first-order valence-electron chi connectivity index (χ1n) is 10.4. The summed E-state index contributed by atoms with van der Waals surface area (Å²) in [5.41, 5.74) is 4.48. The number of methoxy groups -OCH3 is 1. The maximum absolute atomic E-state index is 12.7. The van der Waals surface area contributed by atoms with Gasteiger partial charge in [-0.1, -0.05) is 44.2 Å². The molecule has 154 valence electrons. The van der Waals surface area contributed by atoms with Crippen molar-refractivity contribution in [2.45, 2.75) is 39.5 Å². The molecular formula is C24H30N2O3. The lowest BCUT2D eigenvalue weighted by Crippen LogP contribution is -2.34. The Balaban J connectivity index is 1.60. The van der Waals surface area contributed by atoms with Gasteiger partial charge in [0, 0.05) is 25.2 Å². The molecule has 0 radical (unpaired) electrons. The fraction of sp³-hybridized carbons (Fsp3) is 0.417. The number of carbonyl (C=O) groups is 2. The van der Waals surface area contributed by atoms with Crippen molar-refractivity contribution < 1.29 is 14.3 Å². The zero-order valence-electron chi connectivity index (χ0n) is 17.5. The number of hydrogen-bond acceptors (Lipinski definition) is 3. The third-order valence-corrected chi connectivity index (χ3v) is 5.60. The van der Waals surface area contributed by atoms with Crippen molar-refractivity contribution in [2.75, 3.05) is 25.1 Å². The zero-order chi connectivity index (χ0) is 20.8. The third kappa shape index (κ3) is 4.78. The van der Waals surface area contributed by atoms with Crippen LogP contribution < -0.4 is 15.0 Å². The number of ether oxygens (including phenoxy) is 1. The Hall–Kier alpha value is -2.82. The number of carbonyl (C=O) groups excluding carboxylic acids is 2. The number of nitrogens with one attached hydrogen (secondary N) is 1. The highest BCUT2D eigenvalue weighted by Crippen LogP contribution is 2.32. The molecule has 1 aliphatic heterocycles. The van der Waals surface area contributed by atoms with Gasteiger partial charge >= 0.3 is 0 Å². The number of aryl methyl sites for hydroxylation is 2. The van der Waals surface area contributed by atoms with E-state index in [0.29, 0.717) is 13.1 Å². The van der Waals surface area contributed by atoms with Crippen molar-refractivity contribution >= 4 is 17.5 Å². The minimum absolute atomic E-state index is 0.0379. The number of para-hydroxylation sites is 1. The van der Waals surface area contributed by atoms with Crippen LogP contribution in [0, 0.1) is 5.92 Å². The lowest BCUT2D eigenvalue weighted by atomic mass is 10.0. The van der Waals surface area contributed by atoms with Crippen molar-refractivity contribution in [3.63, 3.8) is 0 Å². The predicted octanol–water partition coefficient (Wildman–Crippen LogP) is 3.53. The van der Waals surface area contributed by atoms with Crippen LogP contribution in [0.15, 0.2) is 42.5 Å². The minimum Gasteiger partial charge on any atom is -0.497 e. The molecule has 5 heteroatoms. The van der Waals surface area contributed by atoms with Gasteiger partial charge in [0.15, 0.2) is 0 Å². The van der Waals surface area contributed by atoms with Gasteiger partial charge in [0.25, 0.3) is 0 Å². The topological polar surface area (TPSA) is 58.6 Å². The molecule has 1 heterocycles. The van der Waals surface area contributed by atoms with Crippen LogP contribution in [0.2, 0.25) is 0 Å². The lowest BCUT2D eigenvalue weighted by molar-refractivity contribution is -0.126. The van der Waals surface area contributed by atoms with Crippen LogP contribution in [0.5, 0.6) is 5.75 Å². The molecule has 0 spiro atoms. The number of benzene rings is 2. The Bertz CT molecular complexity index is 839. The van der Waals surface area contributed by atoms with E-state index in [1.165, 1.54) is 11.1 Å². The third-order valence-electron chi connectivity index (χ3n) is 5.60. The Kier molecular flexibility index (Phi) is 6.91. The molecule has 0 aliphatic carbocycles. The van der Waals surface area contributed by atoms with Gasteiger partial charge in [-0.15, -0.1) is 0 Å². The van der Waals surface area contributed by atoms with Gasteiger partial charge in [0.1, 0.15) is 5.75 Å². The number of hydrogen-bond donors (Lipinski definition) is 1. The first-order chi connectivity index (χ1) is 14.1. The second kappa shape index (κ2) is 9.59. The second-order valence-electron chi connectivity index (χ2n) is 7.43. The molecule has 1 fully saturated rings. The summed E-state index contributed by atoms with van der Waals surface area (Å²) in [5, 5.41) is 3.00. The molecule has 0 saturated carbocycles. The summed E-state index contributed by atoms with van der Waals surface area (Å²) in [5.74, 6) is 0.520. The number of amides is 2. The quantitative estimate of drug-likeness (QED) is 0.745. The molecule has 3 rings (SSSR count). The van der Waals surface area contributed by atoms with E-state index in [2.05, 4.69) is 31.3 Å². The molecule has 0 bridgehead atoms. The van der Waals surface area contributed by atoms with E-state index in [-0.39, 0.29) is 24.2 Å². The normalized spacial score (nSPS) is 16.2. The predicted molar refractivity (Wildman–Crippen MR) is 115 cm³/mol. The maximum Gasteiger partial charge on any atom is 0.227 e. The largest absolute Gasteiger partial charge is 0.497 e. The van der Waals surface area contributed by atoms with E-state index in [9.17, 15) is 9.59 Å².